The Morgan fingerprint density at radius 3 is 3.12 bits per heavy atom. The molecule has 0 bridgehead atoms. The highest BCUT2D eigenvalue weighted by Crippen LogP contribution is 2.19. The van der Waals surface area contributed by atoms with Crippen LogP contribution in [0, 0.1) is 0 Å². The highest BCUT2D eigenvalue weighted by molar-refractivity contribution is 7.07. The van der Waals surface area contributed by atoms with E-state index in [9.17, 15) is 4.79 Å². The number of carbonyl (C=O) groups excluding carboxylic acids is 1. The monoisotopic (exact) mass is 235 g/mol. The van der Waals surface area contributed by atoms with Crippen molar-refractivity contribution >= 4 is 17.2 Å². The maximum atomic E-state index is 10.9. The average molecular weight is 235 g/mol. The smallest absolute Gasteiger partial charge is 0.216 e. The zero-order valence-electron chi connectivity index (χ0n) is 8.96. The van der Waals surface area contributed by atoms with Gasteiger partial charge in [0, 0.05) is 25.9 Å². The summed E-state index contributed by atoms with van der Waals surface area (Å²) in [6, 6.07) is 4.01. The van der Waals surface area contributed by atoms with Gasteiger partial charge in [0.2, 0.25) is 5.91 Å². The van der Waals surface area contributed by atoms with E-state index in [1.807, 2.05) is 22.3 Å². The molecule has 0 aliphatic rings. The molecule has 0 aromatic carbocycles. The van der Waals surface area contributed by atoms with E-state index in [4.69, 9.17) is 0 Å². The average Bonchev–Trinajstić information content (AvgIpc) is 2.88. The Morgan fingerprint density at radius 1 is 1.69 bits per heavy atom. The summed E-state index contributed by atoms with van der Waals surface area (Å²) in [5, 5.41) is 11.2. The SMILES string of the molecule is CC(=O)NC[C@H](c1ccsc1)n1cccn1. The maximum absolute atomic E-state index is 10.9. The third kappa shape index (κ3) is 2.49. The lowest BCUT2D eigenvalue weighted by molar-refractivity contribution is -0.119. The summed E-state index contributed by atoms with van der Waals surface area (Å²) in [5.74, 6) is -0.0209. The van der Waals surface area contributed by atoms with Crippen molar-refractivity contribution < 1.29 is 4.79 Å². The van der Waals surface area contributed by atoms with Crippen LogP contribution in [0.15, 0.2) is 35.3 Å². The molecule has 0 aliphatic carbocycles. The molecule has 2 rings (SSSR count). The van der Waals surface area contributed by atoms with Gasteiger partial charge in [0.05, 0.1) is 6.04 Å². The number of aromatic nitrogens is 2. The van der Waals surface area contributed by atoms with Crippen molar-refractivity contribution in [3.8, 4) is 0 Å². The third-order valence-corrected chi connectivity index (χ3v) is 3.02. The third-order valence-electron chi connectivity index (χ3n) is 2.32. The number of rotatable bonds is 4. The van der Waals surface area contributed by atoms with Gasteiger partial charge in [-0.3, -0.25) is 9.48 Å². The topological polar surface area (TPSA) is 46.9 Å². The molecule has 0 unspecified atom stereocenters. The van der Waals surface area contributed by atoms with E-state index < -0.39 is 0 Å². The van der Waals surface area contributed by atoms with Crippen LogP contribution in [0.2, 0.25) is 0 Å². The molecule has 84 valence electrons. The van der Waals surface area contributed by atoms with Crippen molar-refractivity contribution in [1.82, 2.24) is 15.1 Å². The summed E-state index contributed by atoms with van der Waals surface area (Å²) < 4.78 is 1.86. The highest BCUT2D eigenvalue weighted by Gasteiger charge is 2.14. The van der Waals surface area contributed by atoms with Gasteiger partial charge in [-0.1, -0.05) is 0 Å². The fourth-order valence-corrected chi connectivity index (χ4v) is 2.24. The Morgan fingerprint density at radius 2 is 2.56 bits per heavy atom. The Balaban J connectivity index is 2.17. The van der Waals surface area contributed by atoms with Crippen LogP contribution in [0.1, 0.15) is 18.5 Å². The molecule has 0 saturated heterocycles. The van der Waals surface area contributed by atoms with Crippen LogP contribution >= 0.6 is 11.3 Å². The van der Waals surface area contributed by atoms with Gasteiger partial charge >= 0.3 is 0 Å². The van der Waals surface area contributed by atoms with Gasteiger partial charge in [0.15, 0.2) is 0 Å². The Labute approximate surface area is 97.9 Å². The highest BCUT2D eigenvalue weighted by atomic mass is 32.1. The van der Waals surface area contributed by atoms with Crippen molar-refractivity contribution in [3.63, 3.8) is 0 Å². The molecule has 0 radical (unpaired) electrons. The molecule has 2 aromatic rings. The molecule has 0 spiro atoms. The number of hydrogen-bond acceptors (Lipinski definition) is 3. The molecule has 1 atom stereocenters. The lowest BCUT2D eigenvalue weighted by atomic mass is 10.1. The second-order valence-corrected chi connectivity index (χ2v) is 4.28. The summed E-state index contributed by atoms with van der Waals surface area (Å²) in [7, 11) is 0. The first kappa shape index (κ1) is 10.9. The molecule has 0 fully saturated rings. The maximum Gasteiger partial charge on any atom is 0.216 e. The predicted molar refractivity (Wildman–Crippen MR) is 63.4 cm³/mol. The number of thiophene rings is 1. The van der Waals surface area contributed by atoms with Crippen molar-refractivity contribution in [2.75, 3.05) is 6.54 Å². The van der Waals surface area contributed by atoms with Crippen LogP contribution in [-0.2, 0) is 4.79 Å². The van der Waals surface area contributed by atoms with Gasteiger partial charge in [-0.25, -0.2) is 0 Å². The van der Waals surface area contributed by atoms with E-state index in [0.29, 0.717) is 6.54 Å². The number of nitrogens with one attached hydrogen (secondary N) is 1. The number of amides is 1. The van der Waals surface area contributed by atoms with Gasteiger partial charge in [0.25, 0.3) is 0 Å². The molecule has 2 heterocycles. The molecule has 5 heteroatoms. The minimum atomic E-state index is -0.0209. The second-order valence-electron chi connectivity index (χ2n) is 3.50. The minimum absolute atomic E-state index is 0.0209. The Bertz CT molecular complexity index is 402. The van der Waals surface area contributed by atoms with Gasteiger partial charge in [-0.05, 0) is 28.5 Å². The van der Waals surface area contributed by atoms with Crippen LogP contribution in [0.25, 0.3) is 0 Å². The first-order valence-electron chi connectivity index (χ1n) is 5.03. The van der Waals surface area contributed by atoms with Crippen molar-refractivity contribution in [2.45, 2.75) is 13.0 Å². The molecule has 1 N–H and O–H groups in total. The van der Waals surface area contributed by atoms with Gasteiger partial charge in [-0.2, -0.15) is 16.4 Å². The molecule has 2 aromatic heterocycles. The first-order chi connectivity index (χ1) is 7.77. The summed E-state index contributed by atoms with van der Waals surface area (Å²) in [4.78, 5) is 10.9. The van der Waals surface area contributed by atoms with Crippen LogP contribution in [-0.4, -0.2) is 22.2 Å². The van der Waals surface area contributed by atoms with E-state index >= 15 is 0 Å². The van der Waals surface area contributed by atoms with E-state index in [2.05, 4.69) is 21.9 Å². The number of nitrogens with zero attached hydrogens (tertiary/aromatic N) is 2. The molecule has 16 heavy (non-hydrogen) atoms. The molecular weight excluding hydrogens is 222 g/mol. The first-order valence-corrected chi connectivity index (χ1v) is 5.97. The molecule has 4 nitrogen and oxygen atoms in total. The van der Waals surface area contributed by atoms with E-state index in [1.54, 1.807) is 17.5 Å². The molecular formula is C11H13N3OS. The quantitative estimate of drug-likeness (QED) is 0.876. The Hall–Kier alpha value is -1.62. The number of hydrogen-bond donors (Lipinski definition) is 1. The zero-order valence-corrected chi connectivity index (χ0v) is 9.78. The standard InChI is InChI=1S/C11H13N3OS/c1-9(15)12-7-11(10-3-6-16-8-10)14-5-2-4-13-14/h2-6,8,11H,7H2,1H3,(H,12,15)/t11-/m1/s1. The van der Waals surface area contributed by atoms with E-state index in [-0.39, 0.29) is 11.9 Å². The summed E-state index contributed by atoms with van der Waals surface area (Å²) in [6.45, 7) is 2.08. The van der Waals surface area contributed by atoms with E-state index in [1.165, 1.54) is 12.5 Å². The summed E-state index contributed by atoms with van der Waals surface area (Å²) >= 11 is 1.65. The van der Waals surface area contributed by atoms with Gasteiger partial charge in [-0.15, -0.1) is 0 Å². The van der Waals surface area contributed by atoms with Crippen LogP contribution in [0.5, 0.6) is 0 Å². The zero-order chi connectivity index (χ0) is 11.4. The van der Waals surface area contributed by atoms with Crippen LogP contribution in [0.3, 0.4) is 0 Å². The van der Waals surface area contributed by atoms with Crippen molar-refractivity contribution in [3.05, 3.63) is 40.8 Å². The normalized spacial score (nSPS) is 12.3. The summed E-state index contributed by atoms with van der Waals surface area (Å²) in [5.41, 5.74) is 1.17. The minimum Gasteiger partial charge on any atom is -0.354 e. The van der Waals surface area contributed by atoms with Crippen molar-refractivity contribution in [1.29, 1.82) is 0 Å². The number of carbonyl (C=O) groups is 1. The molecule has 0 saturated carbocycles. The largest absolute Gasteiger partial charge is 0.354 e. The fourth-order valence-electron chi connectivity index (χ4n) is 1.53. The van der Waals surface area contributed by atoms with Gasteiger partial charge < -0.3 is 5.32 Å². The Kier molecular flexibility index (Phi) is 3.36. The fraction of sp³-hybridized carbons (Fsp3) is 0.273. The lowest BCUT2D eigenvalue weighted by Gasteiger charge is -2.16. The van der Waals surface area contributed by atoms with E-state index in [0.717, 1.165) is 0 Å². The molecule has 0 aliphatic heterocycles. The van der Waals surface area contributed by atoms with Gasteiger partial charge in [0.1, 0.15) is 0 Å². The lowest BCUT2D eigenvalue weighted by Crippen LogP contribution is -2.29. The predicted octanol–water partition coefficient (Wildman–Crippen LogP) is 1.67. The van der Waals surface area contributed by atoms with Crippen molar-refractivity contribution in [2.24, 2.45) is 0 Å². The summed E-state index contributed by atoms with van der Waals surface area (Å²) in [6.07, 6.45) is 3.65. The van der Waals surface area contributed by atoms with Crippen LogP contribution in [0.4, 0.5) is 0 Å². The molecule has 1 amide bonds. The van der Waals surface area contributed by atoms with Crippen LogP contribution < -0.4 is 5.32 Å². The second kappa shape index (κ2) is 4.94.